The molecule has 7 heteroatoms. The van der Waals surface area contributed by atoms with Crippen LogP contribution in [0, 0.1) is 0 Å². The van der Waals surface area contributed by atoms with Gasteiger partial charge in [0, 0.05) is 35.9 Å². The van der Waals surface area contributed by atoms with Crippen molar-refractivity contribution in [2.75, 3.05) is 0 Å². The zero-order chi connectivity index (χ0) is 17.7. The topological polar surface area (TPSA) is 101 Å². The molecule has 2 fully saturated rings. The number of fused-ring (bicyclic) bond motifs is 1. The second-order valence-corrected chi connectivity index (χ2v) is 7.81. The first kappa shape index (κ1) is 15.8. The maximum atomic E-state index is 12.5. The monoisotopic (exact) mass is 354 g/mol. The van der Waals surface area contributed by atoms with Crippen LogP contribution in [0.3, 0.4) is 0 Å². The van der Waals surface area contributed by atoms with Gasteiger partial charge in [-0.2, -0.15) is 0 Å². The number of nitrogens with one attached hydrogen (secondary N) is 2. The Balaban J connectivity index is 1.23. The van der Waals surface area contributed by atoms with Crippen LogP contribution >= 0.6 is 0 Å². The second-order valence-electron chi connectivity index (χ2n) is 7.81. The van der Waals surface area contributed by atoms with Gasteiger partial charge in [0.05, 0.1) is 5.69 Å². The van der Waals surface area contributed by atoms with Crippen molar-refractivity contribution in [2.24, 2.45) is 0 Å². The minimum Gasteiger partial charge on any atom is -0.360 e. The molecule has 2 aromatic heterocycles. The molecule has 0 radical (unpaired) electrons. The fraction of sp³-hybridized carbons (Fsp3) is 0.579. The lowest BCUT2D eigenvalue weighted by molar-refractivity contribution is 0.0898. The highest BCUT2D eigenvalue weighted by Gasteiger charge is 2.35. The molecule has 2 heterocycles. The van der Waals surface area contributed by atoms with E-state index in [9.17, 15) is 9.59 Å². The first-order chi connectivity index (χ1) is 12.7. The summed E-state index contributed by atoms with van der Waals surface area (Å²) in [5.41, 5.74) is 2.22. The van der Waals surface area contributed by atoms with Gasteiger partial charge in [-0.25, -0.2) is 4.98 Å². The fourth-order valence-electron chi connectivity index (χ4n) is 4.05. The molecule has 1 amide bonds. The number of nitrogens with zero attached hydrogens (tertiary/aromatic N) is 2. The number of aryl methyl sites for hydroxylation is 1. The van der Waals surface area contributed by atoms with E-state index < -0.39 is 0 Å². The Hall–Kier alpha value is -2.44. The zero-order valence-electron chi connectivity index (χ0n) is 14.6. The fourth-order valence-corrected chi connectivity index (χ4v) is 4.05. The van der Waals surface area contributed by atoms with Crippen molar-refractivity contribution in [1.29, 1.82) is 0 Å². The number of hydrogen-bond donors (Lipinski definition) is 2. The van der Waals surface area contributed by atoms with Gasteiger partial charge in [-0.05, 0) is 44.9 Å². The quantitative estimate of drug-likeness (QED) is 0.876. The summed E-state index contributed by atoms with van der Waals surface area (Å²) in [6, 6.07) is 1.71. The maximum absolute atomic E-state index is 12.5. The van der Waals surface area contributed by atoms with Crippen LogP contribution in [0.2, 0.25) is 0 Å². The predicted octanol–water partition coefficient (Wildman–Crippen LogP) is 2.19. The summed E-state index contributed by atoms with van der Waals surface area (Å²) in [7, 11) is 0. The summed E-state index contributed by atoms with van der Waals surface area (Å²) in [6.45, 7) is 0. The summed E-state index contributed by atoms with van der Waals surface area (Å²) in [5, 5.41) is 7.05. The summed E-state index contributed by atoms with van der Waals surface area (Å²) in [6.07, 6.45) is 7.76. The van der Waals surface area contributed by atoms with Crippen LogP contribution < -0.4 is 10.9 Å². The summed E-state index contributed by atoms with van der Waals surface area (Å²) in [5.74, 6) is 2.23. The van der Waals surface area contributed by atoms with Gasteiger partial charge in [0.1, 0.15) is 11.6 Å². The molecule has 0 aromatic carbocycles. The van der Waals surface area contributed by atoms with E-state index in [-0.39, 0.29) is 23.4 Å². The molecule has 0 aliphatic heterocycles. The molecule has 2 saturated carbocycles. The van der Waals surface area contributed by atoms with E-state index in [1.807, 2.05) is 0 Å². The molecule has 0 atom stereocenters. The third kappa shape index (κ3) is 2.85. The van der Waals surface area contributed by atoms with Gasteiger partial charge in [-0.3, -0.25) is 9.59 Å². The molecule has 3 aliphatic carbocycles. The molecule has 0 saturated heterocycles. The lowest BCUT2D eigenvalue weighted by Crippen LogP contribution is -2.44. The minimum atomic E-state index is -0.141. The standard InChI is InChI=1S/C19H22N4O3/c24-16-9-14(21-18(22-16)10-5-6-10)11-7-12(8-11)20-19(25)17-13-3-1-2-4-15(13)26-23-17/h9-12H,1-8H2,(H,20,25)(H,21,22,24). The van der Waals surface area contributed by atoms with Gasteiger partial charge in [0.15, 0.2) is 5.69 Å². The van der Waals surface area contributed by atoms with E-state index in [0.29, 0.717) is 11.6 Å². The highest BCUT2D eigenvalue weighted by atomic mass is 16.5. The van der Waals surface area contributed by atoms with Crippen LogP contribution in [0.25, 0.3) is 0 Å². The lowest BCUT2D eigenvalue weighted by Gasteiger charge is -2.35. The van der Waals surface area contributed by atoms with E-state index in [1.54, 1.807) is 6.07 Å². The van der Waals surface area contributed by atoms with Crippen molar-refractivity contribution in [3.05, 3.63) is 45.0 Å². The molecule has 0 unspecified atom stereocenters. The van der Waals surface area contributed by atoms with Crippen LogP contribution in [-0.2, 0) is 12.8 Å². The van der Waals surface area contributed by atoms with Gasteiger partial charge < -0.3 is 14.8 Å². The third-order valence-electron chi connectivity index (χ3n) is 5.80. The van der Waals surface area contributed by atoms with Crippen LogP contribution in [0.5, 0.6) is 0 Å². The van der Waals surface area contributed by atoms with Crippen LogP contribution in [0.4, 0.5) is 0 Å². The smallest absolute Gasteiger partial charge is 0.273 e. The number of aromatic amines is 1. The van der Waals surface area contributed by atoms with Gasteiger partial charge >= 0.3 is 0 Å². The number of hydrogen-bond acceptors (Lipinski definition) is 5. The highest BCUT2D eigenvalue weighted by Crippen LogP contribution is 2.40. The van der Waals surface area contributed by atoms with Crippen molar-refractivity contribution in [1.82, 2.24) is 20.4 Å². The van der Waals surface area contributed by atoms with E-state index in [1.165, 1.54) is 0 Å². The number of amides is 1. The van der Waals surface area contributed by atoms with Crippen LogP contribution in [0.1, 0.15) is 83.7 Å². The first-order valence-electron chi connectivity index (χ1n) is 9.57. The van der Waals surface area contributed by atoms with Gasteiger partial charge in [0.2, 0.25) is 0 Å². The van der Waals surface area contributed by atoms with E-state index in [0.717, 1.165) is 74.2 Å². The van der Waals surface area contributed by atoms with Crippen molar-refractivity contribution < 1.29 is 9.32 Å². The first-order valence-corrected chi connectivity index (χ1v) is 9.57. The number of aromatic nitrogens is 3. The predicted molar refractivity (Wildman–Crippen MR) is 93.2 cm³/mol. The summed E-state index contributed by atoms with van der Waals surface area (Å²) in [4.78, 5) is 31.9. The van der Waals surface area contributed by atoms with E-state index in [2.05, 4.69) is 20.4 Å². The number of H-pyrrole nitrogens is 1. The lowest BCUT2D eigenvalue weighted by atomic mass is 9.78. The molecule has 2 aromatic rings. The number of carbonyl (C=O) groups is 1. The molecule has 136 valence electrons. The SMILES string of the molecule is O=C(NC1CC(c2cc(=O)[nH]c(C3CC3)n2)C1)c1noc2c1CCCC2. The number of rotatable bonds is 4. The third-order valence-corrected chi connectivity index (χ3v) is 5.80. The Labute approximate surface area is 150 Å². The van der Waals surface area contributed by atoms with E-state index in [4.69, 9.17) is 4.52 Å². The van der Waals surface area contributed by atoms with Crippen molar-refractivity contribution >= 4 is 5.91 Å². The maximum Gasteiger partial charge on any atom is 0.273 e. The second kappa shape index (κ2) is 6.07. The molecule has 7 nitrogen and oxygen atoms in total. The Kier molecular flexibility index (Phi) is 3.69. The Morgan fingerprint density at radius 2 is 2.00 bits per heavy atom. The van der Waals surface area contributed by atoms with Gasteiger partial charge in [-0.15, -0.1) is 0 Å². The Bertz CT molecular complexity index is 906. The van der Waals surface area contributed by atoms with Crippen LogP contribution in [-0.4, -0.2) is 27.1 Å². The van der Waals surface area contributed by atoms with Crippen LogP contribution in [0.15, 0.2) is 15.4 Å². The molecule has 3 aliphatic rings. The largest absolute Gasteiger partial charge is 0.360 e. The molecule has 26 heavy (non-hydrogen) atoms. The molecule has 0 bridgehead atoms. The van der Waals surface area contributed by atoms with Crippen molar-refractivity contribution in [3.63, 3.8) is 0 Å². The van der Waals surface area contributed by atoms with Gasteiger partial charge in [0.25, 0.3) is 11.5 Å². The normalized spacial score (nSPS) is 24.6. The van der Waals surface area contributed by atoms with E-state index >= 15 is 0 Å². The number of carbonyl (C=O) groups excluding carboxylic acids is 1. The van der Waals surface area contributed by atoms with Gasteiger partial charge in [-0.1, -0.05) is 5.16 Å². The molecular weight excluding hydrogens is 332 g/mol. The van der Waals surface area contributed by atoms with Crippen molar-refractivity contribution in [2.45, 2.75) is 69.2 Å². The minimum absolute atomic E-state index is 0.0707. The summed E-state index contributed by atoms with van der Waals surface area (Å²) < 4.78 is 5.33. The molecule has 2 N–H and O–H groups in total. The molecule has 5 rings (SSSR count). The van der Waals surface area contributed by atoms with Crippen molar-refractivity contribution in [3.8, 4) is 0 Å². The molecular formula is C19H22N4O3. The summed E-state index contributed by atoms with van der Waals surface area (Å²) >= 11 is 0. The Morgan fingerprint density at radius 3 is 2.81 bits per heavy atom. The Morgan fingerprint density at radius 1 is 1.19 bits per heavy atom. The highest BCUT2D eigenvalue weighted by molar-refractivity contribution is 5.94. The average Bonchev–Trinajstić information content (AvgIpc) is 3.36. The zero-order valence-corrected chi connectivity index (χ0v) is 14.6. The average molecular weight is 354 g/mol. The molecule has 0 spiro atoms.